The number of piperazine rings is 1. The van der Waals surface area contributed by atoms with E-state index in [2.05, 4.69) is 24.1 Å². The molecule has 22 heavy (non-hydrogen) atoms. The molecule has 2 atom stereocenters. The van der Waals surface area contributed by atoms with Gasteiger partial charge in [0.05, 0.1) is 7.11 Å². The van der Waals surface area contributed by atoms with Crippen molar-refractivity contribution in [3.8, 4) is 5.75 Å². The Morgan fingerprint density at radius 2 is 2.00 bits per heavy atom. The molecule has 1 aliphatic heterocycles. The van der Waals surface area contributed by atoms with E-state index in [-0.39, 0.29) is 24.3 Å². The summed E-state index contributed by atoms with van der Waals surface area (Å²) in [5.74, 6) is 0.617. The first-order valence-electron chi connectivity index (χ1n) is 7.96. The summed E-state index contributed by atoms with van der Waals surface area (Å²) in [7, 11) is 1.56. The SMILES string of the molecule is CCCC(C)[C@@H](c1cccc(F)c1OC)N1CCNCC1.Cl. The second-order valence-corrected chi connectivity index (χ2v) is 5.86. The molecule has 0 saturated carbocycles. The summed E-state index contributed by atoms with van der Waals surface area (Å²) in [5.41, 5.74) is 0.986. The normalized spacial score (nSPS) is 18.4. The molecule has 126 valence electrons. The second kappa shape index (κ2) is 9.33. The molecule has 0 aliphatic carbocycles. The number of methoxy groups -OCH3 is 1. The molecular formula is C17H28ClFN2O. The van der Waals surface area contributed by atoms with Crippen molar-refractivity contribution in [1.29, 1.82) is 0 Å². The summed E-state index contributed by atoms with van der Waals surface area (Å²) in [5, 5.41) is 3.38. The fraction of sp³-hybridized carbons (Fsp3) is 0.647. The number of para-hydroxylation sites is 1. The third-order valence-corrected chi connectivity index (χ3v) is 4.35. The number of rotatable bonds is 6. The summed E-state index contributed by atoms with van der Waals surface area (Å²) >= 11 is 0. The molecule has 3 nitrogen and oxygen atoms in total. The molecule has 0 amide bonds. The van der Waals surface area contributed by atoms with E-state index in [1.807, 2.05) is 6.07 Å². The summed E-state index contributed by atoms with van der Waals surface area (Å²) < 4.78 is 19.4. The molecule has 1 aromatic carbocycles. The van der Waals surface area contributed by atoms with Crippen LogP contribution in [0.4, 0.5) is 4.39 Å². The molecule has 2 rings (SSSR count). The maximum absolute atomic E-state index is 14.1. The molecular weight excluding hydrogens is 303 g/mol. The lowest BCUT2D eigenvalue weighted by atomic mass is 9.88. The molecule has 1 aromatic rings. The van der Waals surface area contributed by atoms with Crippen molar-refractivity contribution in [2.45, 2.75) is 32.7 Å². The molecule has 0 spiro atoms. The standard InChI is InChI=1S/C17H27FN2O.ClH/c1-4-6-13(2)16(20-11-9-19-10-12-20)14-7-5-8-15(18)17(14)21-3;/h5,7-8,13,16,19H,4,6,9-12H2,1-3H3;1H/t13?,16-;/m0./s1. The minimum Gasteiger partial charge on any atom is -0.493 e. The van der Waals surface area contributed by atoms with Gasteiger partial charge in [0.25, 0.3) is 0 Å². The van der Waals surface area contributed by atoms with Gasteiger partial charge in [0.1, 0.15) is 0 Å². The van der Waals surface area contributed by atoms with Crippen molar-refractivity contribution in [2.24, 2.45) is 5.92 Å². The van der Waals surface area contributed by atoms with E-state index in [1.165, 1.54) is 6.07 Å². The Labute approximate surface area is 139 Å². The van der Waals surface area contributed by atoms with Crippen LogP contribution in [-0.4, -0.2) is 38.2 Å². The van der Waals surface area contributed by atoms with Gasteiger partial charge in [-0.1, -0.05) is 32.4 Å². The van der Waals surface area contributed by atoms with Gasteiger partial charge in [0, 0.05) is 37.8 Å². The molecule has 1 heterocycles. The number of hydrogen-bond donors (Lipinski definition) is 1. The van der Waals surface area contributed by atoms with Crippen LogP contribution < -0.4 is 10.1 Å². The van der Waals surface area contributed by atoms with Gasteiger partial charge in [0.2, 0.25) is 0 Å². The highest BCUT2D eigenvalue weighted by Crippen LogP contribution is 2.38. The van der Waals surface area contributed by atoms with Crippen molar-refractivity contribution in [2.75, 3.05) is 33.3 Å². The van der Waals surface area contributed by atoms with E-state index in [0.717, 1.165) is 44.6 Å². The van der Waals surface area contributed by atoms with Crippen LogP contribution in [0.2, 0.25) is 0 Å². The average Bonchev–Trinajstić information content (AvgIpc) is 2.49. The number of benzene rings is 1. The highest BCUT2D eigenvalue weighted by atomic mass is 35.5. The Balaban J connectivity index is 0.00000242. The van der Waals surface area contributed by atoms with Crippen molar-refractivity contribution < 1.29 is 9.13 Å². The molecule has 0 aromatic heterocycles. The molecule has 1 N–H and O–H groups in total. The molecule has 1 aliphatic rings. The predicted octanol–water partition coefficient (Wildman–Crippen LogP) is 3.64. The lowest BCUT2D eigenvalue weighted by Crippen LogP contribution is -2.46. The fourth-order valence-corrected chi connectivity index (χ4v) is 3.41. The summed E-state index contributed by atoms with van der Waals surface area (Å²) in [6, 6.07) is 5.50. The van der Waals surface area contributed by atoms with Crippen LogP contribution in [0, 0.1) is 11.7 Å². The minimum absolute atomic E-state index is 0. The van der Waals surface area contributed by atoms with Crippen LogP contribution in [0.3, 0.4) is 0 Å². The quantitative estimate of drug-likeness (QED) is 0.862. The van der Waals surface area contributed by atoms with E-state index in [9.17, 15) is 4.39 Å². The Morgan fingerprint density at radius 1 is 1.32 bits per heavy atom. The van der Waals surface area contributed by atoms with Gasteiger partial charge in [-0.15, -0.1) is 12.4 Å². The van der Waals surface area contributed by atoms with Crippen LogP contribution in [-0.2, 0) is 0 Å². The Morgan fingerprint density at radius 3 is 2.59 bits per heavy atom. The smallest absolute Gasteiger partial charge is 0.165 e. The second-order valence-electron chi connectivity index (χ2n) is 5.86. The van der Waals surface area contributed by atoms with E-state index < -0.39 is 0 Å². The number of nitrogens with one attached hydrogen (secondary N) is 1. The number of hydrogen-bond acceptors (Lipinski definition) is 3. The zero-order valence-electron chi connectivity index (χ0n) is 13.8. The summed E-state index contributed by atoms with van der Waals surface area (Å²) in [6.45, 7) is 8.45. The first kappa shape index (κ1) is 19.2. The molecule has 1 unspecified atom stereocenters. The van der Waals surface area contributed by atoms with Gasteiger partial charge in [-0.05, 0) is 18.4 Å². The average molecular weight is 331 g/mol. The third-order valence-electron chi connectivity index (χ3n) is 4.35. The zero-order chi connectivity index (χ0) is 15.2. The lowest BCUT2D eigenvalue weighted by molar-refractivity contribution is 0.123. The summed E-state index contributed by atoms with van der Waals surface area (Å²) in [4.78, 5) is 2.47. The van der Waals surface area contributed by atoms with E-state index in [4.69, 9.17) is 4.74 Å². The van der Waals surface area contributed by atoms with Gasteiger partial charge in [0.15, 0.2) is 11.6 Å². The van der Waals surface area contributed by atoms with Crippen LogP contribution in [0.5, 0.6) is 5.75 Å². The van der Waals surface area contributed by atoms with Crippen molar-refractivity contribution in [3.05, 3.63) is 29.6 Å². The van der Waals surface area contributed by atoms with Gasteiger partial charge in [-0.25, -0.2) is 4.39 Å². The maximum Gasteiger partial charge on any atom is 0.165 e. The maximum atomic E-state index is 14.1. The van der Waals surface area contributed by atoms with E-state index in [0.29, 0.717) is 11.7 Å². The highest BCUT2D eigenvalue weighted by Gasteiger charge is 2.30. The van der Waals surface area contributed by atoms with Crippen molar-refractivity contribution in [3.63, 3.8) is 0 Å². The van der Waals surface area contributed by atoms with Gasteiger partial charge >= 0.3 is 0 Å². The Hall–Kier alpha value is -0.840. The Bertz CT molecular complexity index is 452. The van der Waals surface area contributed by atoms with Crippen LogP contribution in [0.1, 0.15) is 38.3 Å². The molecule has 0 radical (unpaired) electrons. The number of ether oxygens (including phenoxy) is 1. The van der Waals surface area contributed by atoms with Crippen LogP contribution in [0.15, 0.2) is 18.2 Å². The molecule has 0 bridgehead atoms. The van der Waals surface area contributed by atoms with E-state index >= 15 is 0 Å². The van der Waals surface area contributed by atoms with Crippen LogP contribution in [0.25, 0.3) is 0 Å². The van der Waals surface area contributed by atoms with Crippen LogP contribution >= 0.6 is 12.4 Å². The number of nitrogens with zero attached hydrogens (tertiary/aromatic N) is 1. The zero-order valence-corrected chi connectivity index (χ0v) is 14.6. The molecule has 1 fully saturated rings. The largest absolute Gasteiger partial charge is 0.493 e. The van der Waals surface area contributed by atoms with Gasteiger partial charge in [-0.2, -0.15) is 0 Å². The third kappa shape index (κ3) is 4.34. The minimum atomic E-state index is -0.265. The van der Waals surface area contributed by atoms with Crippen molar-refractivity contribution in [1.82, 2.24) is 10.2 Å². The van der Waals surface area contributed by atoms with Crippen molar-refractivity contribution >= 4 is 12.4 Å². The lowest BCUT2D eigenvalue weighted by Gasteiger charge is -2.39. The van der Waals surface area contributed by atoms with Gasteiger partial charge < -0.3 is 10.1 Å². The molecule has 5 heteroatoms. The molecule has 1 saturated heterocycles. The Kier molecular flexibility index (Phi) is 8.15. The van der Waals surface area contributed by atoms with Gasteiger partial charge in [-0.3, -0.25) is 4.90 Å². The first-order valence-corrected chi connectivity index (χ1v) is 7.96. The number of halogens is 2. The summed E-state index contributed by atoms with van der Waals surface area (Å²) in [6.07, 6.45) is 2.27. The monoisotopic (exact) mass is 330 g/mol. The predicted molar refractivity (Wildman–Crippen MR) is 91.5 cm³/mol. The fourth-order valence-electron chi connectivity index (χ4n) is 3.41. The first-order chi connectivity index (χ1) is 10.2. The van der Waals surface area contributed by atoms with E-state index in [1.54, 1.807) is 13.2 Å². The highest BCUT2D eigenvalue weighted by molar-refractivity contribution is 5.85. The topological polar surface area (TPSA) is 24.5 Å².